The van der Waals surface area contributed by atoms with Crippen molar-refractivity contribution in [1.82, 2.24) is 0 Å². The second kappa shape index (κ2) is 5.63. The van der Waals surface area contributed by atoms with Gasteiger partial charge in [-0.1, -0.05) is 0 Å². The maximum Gasteiger partial charge on any atom is 0.246 e. The number of carbonyl (C=O) groups excluding carboxylic acids is 1. The Hall–Kier alpha value is -1.53. The van der Waals surface area contributed by atoms with Crippen LogP contribution in [0.3, 0.4) is 0 Å². The standard InChI is InChI=1S/C13H13F2NO2S/c1-7(13(16)17)18-4-2-9-10(14)6-8-3-5-19-12(8)11(9)15/h3,5-7H,2,4H2,1H3,(H2,16,17). The van der Waals surface area contributed by atoms with Crippen LogP contribution in [-0.4, -0.2) is 18.6 Å². The Morgan fingerprint density at radius 3 is 2.95 bits per heavy atom. The van der Waals surface area contributed by atoms with Crippen molar-refractivity contribution in [1.29, 1.82) is 0 Å². The van der Waals surface area contributed by atoms with Crippen LogP contribution in [0.4, 0.5) is 8.78 Å². The van der Waals surface area contributed by atoms with Crippen LogP contribution in [-0.2, 0) is 16.0 Å². The molecule has 19 heavy (non-hydrogen) atoms. The molecule has 0 spiro atoms. The molecular formula is C13H13F2NO2S. The van der Waals surface area contributed by atoms with Gasteiger partial charge in [0.25, 0.3) is 0 Å². The maximum atomic E-state index is 14.1. The van der Waals surface area contributed by atoms with E-state index in [2.05, 4.69) is 0 Å². The summed E-state index contributed by atoms with van der Waals surface area (Å²) < 4.78 is 33.4. The molecule has 1 amide bonds. The Labute approximate surface area is 113 Å². The Bertz CT molecular complexity index is 612. The zero-order valence-electron chi connectivity index (χ0n) is 10.3. The number of thiophene rings is 1. The number of rotatable bonds is 5. The molecule has 0 aliphatic carbocycles. The smallest absolute Gasteiger partial charge is 0.246 e. The van der Waals surface area contributed by atoms with E-state index in [0.717, 1.165) is 0 Å². The van der Waals surface area contributed by atoms with Gasteiger partial charge in [0.2, 0.25) is 5.91 Å². The van der Waals surface area contributed by atoms with Crippen LogP contribution >= 0.6 is 11.3 Å². The van der Waals surface area contributed by atoms with Crippen molar-refractivity contribution in [3.8, 4) is 0 Å². The molecule has 0 bridgehead atoms. The van der Waals surface area contributed by atoms with Crippen LogP contribution in [0.15, 0.2) is 17.5 Å². The summed E-state index contributed by atoms with van der Waals surface area (Å²) in [4.78, 5) is 10.8. The molecule has 0 aliphatic rings. The molecule has 2 N–H and O–H groups in total. The topological polar surface area (TPSA) is 52.3 Å². The lowest BCUT2D eigenvalue weighted by Gasteiger charge is -2.10. The third-order valence-electron chi connectivity index (χ3n) is 2.85. The summed E-state index contributed by atoms with van der Waals surface area (Å²) in [6.45, 7) is 1.53. The number of carbonyl (C=O) groups is 1. The first-order chi connectivity index (χ1) is 9.00. The highest BCUT2D eigenvalue weighted by molar-refractivity contribution is 7.17. The summed E-state index contributed by atoms with van der Waals surface area (Å²) in [5.74, 6) is -1.76. The van der Waals surface area contributed by atoms with E-state index in [0.29, 0.717) is 10.1 Å². The summed E-state index contributed by atoms with van der Waals surface area (Å²) >= 11 is 1.22. The molecule has 6 heteroatoms. The van der Waals surface area contributed by atoms with Crippen LogP contribution in [0.1, 0.15) is 12.5 Å². The number of amides is 1. The molecule has 0 saturated carbocycles. The lowest BCUT2D eigenvalue weighted by Crippen LogP contribution is -2.29. The first-order valence-corrected chi connectivity index (χ1v) is 6.63. The second-order valence-electron chi connectivity index (χ2n) is 4.16. The van der Waals surface area contributed by atoms with Crippen LogP contribution in [0.2, 0.25) is 0 Å². The van der Waals surface area contributed by atoms with Gasteiger partial charge < -0.3 is 10.5 Å². The van der Waals surface area contributed by atoms with E-state index in [1.807, 2.05) is 0 Å². The molecule has 3 nitrogen and oxygen atoms in total. The van der Waals surface area contributed by atoms with Gasteiger partial charge in [-0.2, -0.15) is 0 Å². The minimum Gasteiger partial charge on any atom is -0.368 e. The van der Waals surface area contributed by atoms with E-state index in [4.69, 9.17) is 10.5 Å². The van der Waals surface area contributed by atoms with Crippen LogP contribution in [0.5, 0.6) is 0 Å². The molecule has 1 atom stereocenters. The Balaban J connectivity index is 2.14. The van der Waals surface area contributed by atoms with E-state index >= 15 is 0 Å². The average molecular weight is 285 g/mol. The first kappa shape index (κ1) is 13.9. The van der Waals surface area contributed by atoms with E-state index in [-0.39, 0.29) is 18.6 Å². The van der Waals surface area contributed by atoms with Crippen LogP contribution < -0.4 is 5.73 Å². The highest BCUT2D eigenvalue weighted by atomic mass is 32.1. The number of primary amides is 1. The van der Waals surface area contributed by atoms with Crippen molar-refractivity contribution in [3.63, 3.8) is 0 Å². The van der Waals surface area contributed by atoms with Gasteiger partial charge in [0.05, 0.1) is 11.3 Å². The molecule has 0 saturated heterocycles. The zero-order chi connectivity index (χ0) is 14.0. The van der Waals surface area contributed by atoms with Crippen LogP contribution in [0, 0.1) is 11.6 Å². The molecule has 102 valence electrons. The summed E-state index contributed by atoms with van der Waals surface area (Å²) in [6, 6.07) is 2.98. The molecule has 2 aromatic rings. The molecule has 1 unspecified atom stereocenters. The Morgan fingerprint density at radius 2 is 2.26 bits per heavy atom. The number of nitrogens with two attached hydrogens (primary N) is 1. The first-order valence-electron chi connectivity index (χ1n) is 5.75. The molecule has 2 rings (SSSR count). The normalized spacial score (nSPS) is 12.8. The largest absolute Gasteiger partial charge is 0.368 e. The van der Waals surface area contributed by atoms with Crippen molar-refractivity contribution >= 4 is 27.3 Å². The monoisotopic (exact) mass is 285 g/mol. The third-order valence-corrected chi connectivity index (χ3v) is 3.77. The fourth-order valence-corrected chi connectivity index (χ4v) is 2.57. The van der Waals surface area contributed by atoms with E-state index in [9.17, 15) is 13.6 Å². The fourth-order valence-electron chi connectivity index (χ4n) is 1.73. The zero-order valence-corrected chi connectivity index (χ0v) is 11.1. The molecule has 1 heterocycles. The van der Waals surface area contributed by atoms with Gasteiger partial charge in [0.15, 0.2) is 0 Å². The minimum absolute atomic E-state index is 0.0216. The van der Waals surface area contributed by atoms with E-state index in [1.54, 1.807) is 11.4 Å². The molecule has 0 aliphatic heterocycles. The number of benzene rings is 1. The molecule has 0 radical (unpaired) electrons. The molecule has 1 aromatic heterocycles. The molecule has 1 aromatic carbocycles. The van der Waals surface area contributed by atoms with Crippen LogP contribution in [0.25, 0.3) is 10.1 Å². The Kier molecular flexibility index (Phi) is 4.11. The predicted molar refractivity (Wildman–Crippen MR) is 70.1 cm³/mol. The van der Waals surface area contributed by atoms with Gasteiger partial charge in [-0.15, -0.1) is 11.3 Å². The van der Waals surface area contributed by atoms with Gasteiger partial charge >= 0.3 is 0 Å². The SMILES string of the molecule is CC(OCCc1c(F)cc2ccsc2c1F)C(N)=O. The maximum absolute atomic E-state index is 14.1. The average Bonchev–Trinajstić information content (AvgIpc) is 2.81. The number of hydrogen-bond donors (Lipinski definition) is 1. The summed E-state index contributed by atoms with van der Waals surface area (Å²) in [6.07, 6.45) is -0.708. The lowest BCUT2D eigenvalue weighted by atomic mass is 10.1. The van der Waals surface area contributed by atoms with Crippen molar-refractivity contribution in [2.24, 2.45) is 5.73 Å². The molecular weight excluding hydrogens is 272 g/mol. The van der Waals surface area contributed by atoms with Gasteiger partial charge in [0, 0.05) is 12.0 Å². The number of hydrogen-bond acceptors (Lipinski definition) is 3. The second-order valence-corrected chi connectivity index (χ2v) is 5.07. The minimum atomic E-state index is -0.767. The van der Waals surface area contributed by atoms with Gasteiger partial charge in [-0.05, 0) is 29.8 Å². The summed E-state index contributed by atoms with van der Waals surface area (Å²) in [5, 5.41) is 2.26. The third kappa shape index (κ3) is 2.90. The van der Waals surface area contributed by atoms with Gasteiger partial charge in [-0.25, -0.2) is 8.78 Å². The van der Waals surface area contributed by atoms with E-state index < -0.39 is 23.6 Å². The molecule has 0 fully saturated rings. The van der Waals surface area contributed by atoms with Gasteiger partial charge in [-0.3, -0.25) is 4.79 Å². The van der Waals surface area contributed by atoms with Crippen molar-refractivity contribution < 1.29 is 18.3 Å². The van der Waals surface area contributed by atoms with Gasteiger partial charge in [0.1, 0.15) is 17.7 Å². The fraction of sp³-hybridized carbons (Fsp3) is 0.308. The highest BCUT2D eigenvalue weighted by Gasteiger charge is 2.15. The van der Waals surface area contributed by atoms with Crippen molar-refractivity contribution in [2.75, 3.05) is 6.61 Å². The lowest BCUT2D eigenvalue weighted by molar-refractivity contribution is -0.128. The summed E-state index contributed by atoms with van der Waals surface area (Å²) in [7, 11) is 0. The Morgan fingerprint density at radius 1 is 1.53 bits per heavy atom. The predicted octanol–water partition coefficient (Wildman–Crippen LogP) is 2.61. The van der Waals surface area contributed by atoms with Crippen molar-refractivity contribution in [3.05, 3.63) is 34.7 Å². The number of halogens is 2. The van der Waals surface area contributed by atoms with E-state index in [1.165, 1.54) is 24.3 Å². The highest BCUT2D eigenvalue weighted by Crippen LogP contribution is 2.28. The summed E-state index contributed by atoms with van der Waals surface area (Å²) in [5.41, 5.74) is 5.00. The van der Waals surface area contributed by atoms with Crippen molar-refractivity contribution in [2.45, 2.75) is 19.4 Å². The number of fused-ring (bicyclic) bond motifs is 1. The quantitative estimate of drug-likeness (QED) is 0.918. The number of ether oxygens (including phenoxy) is 1.